The van der Waals surface area contributed by atoms with Gasteiger partial charge >= 0.3 is 0 Å². The number of piperidine rings is 1. The summed E-state index contributed by atoms with van der Waals surface area (Å²) in [5.41, 5.74) is 0.333. The van der Waals surface area contributed by atoms with E-state index in [0.29, 0.717) is 11.6 Å². The van der Waals surface area contributed by atoms with Crippen LogP contribution in [0, 0.1) is 5.92 Å². The molecule has 0 aromatic carbocycles. The Bertz CT molecular complexity index is 233. The third-order valence-corrected chi connectivity index (χ3v) is 4.89. The van der Waals surface area contributed by atoms with Gasteiger partial charge in [-0.25, -0.2) is 0 Å². The van der Waals surface area contributed by atoms with Gasteiger partial charge in [0.1, 0.15) is 0 Å². The van der Waals surface area contributed by atoms with Gasteiger partial charge in [0, 0.05) is 11.6 Å². The highest BCUT2D eigenvalue weighted by atomic mass is 15.2. The lowest BCUT2D eigenvalue weighted by molar-refractivity contribution is 0.0364. The Kier molecular flexibility index (Phi) is 7.38. The first-order valence-electron chi connectivity index (χ1n) is 8.53. The van der Waals surface area contributed by atoms with E-state index in [2.05, 4.69) is 44.8 Å². The van der Waals surface area contributed by atoms with Crippen molar-refractivity contribution in [2.45, 2.75) is 84.7 Å². The van der Waals surface area contributed by atoms with Crippen LogP contribution in [0.2, 0.25) is 0 Å². The smallest absolute Gasteiger partial charge is 0.0331 e. The molecule has 1 heterocycles. The average Bonchev–Trinajstić information content (AvgIpc) is 2.43. The minimum Gasteiger partial charge on any atom is -0.312 e. The van der Waals surface area contributed by atoms with E-state index in [9.17, 15) is 0 Å². The van der Waals surface area contributed by atoms with E-state index in [4.69, 9.17) is 0 Å². The molecule has 0 saturated carbocycles. The molecular weight excluding hydrogens is 232 g/mol. The van der Waals surface area contributed by atoms with E-state index < -0.39 is 0 Å². The second-order valence-corrected chi connectivity index (χ2v) is 6.89. The first kappa shape index (κ1) is 17.0. The molecule has 1 saturated heterocycles. The quantitative estimate of drug-likeness (QED) is 0.714. The topological polar surface area (TPSA) is 15.3 Å². The Morgan fingerprint density at radius 1 is 1.11 bits per heavy atom. The first-order valence-corrected chi connectivity index (χ1v) is 8.53. The van der Waals surface area contributed by atoms with Gasteiger partial charge in [-0.2, -0.15) is 0 Å². The fourth-order valence-electron chi connectivity index (χ4n) is 3.44. The molecule has 1 aliphatic heterocycles. The van der Waals surface area contributed by atoms with Crippen LogP contribution in [-0.2, 0) is 0 Å². The van der Waals surface area contributed by atoms with E-state index in [0.717, 1.165) is 12.5 Å². The molecule has 19 heavy (non-hydrogen) atoms. The Hall–Kier alpha value is -0.0800. The van der Waals surface area contributed by atoms with E-state index in [1.165, 1.54) is 51.6 Å². The summed E-state index contributed by atoms with van der Waals surface area (Å²) >= 11 is 0. The molecule has 0 aromatic rings. The van der Waals surface area contributed by atoms with Crippen LogP contribution < -0.4 is 5.32 Å². The normalized spacial score (nSPS) is 22.4. The van der Waals surface area contributed by atoms with Crippen LogP contribution in [0.1, 0.15) is 73.1 Å². The molecule has 0 spiro atoms. The number of nitrogens with one attached hydrogen (secondary N) is 1. The van der Waals surface area contributed by atoms with Crippen LogP contribution in [-0.4, -0.2) is 36.1 Å². The van der Waals surface area contributed by atoms with Crippen LogP contribution in [0.5, 0.6) is 0 Å². The molecule has 1 rings (SSSR count). The van der Waals surface area contributed by atoms with E-state index >= 15 is 0 Å². The van der Waals surface area contributed by atoms with Gasteiger partial charge in [0.25, 0.3) is 0 Å². The summed E-state index contributed by atoms with van der Waals surface area (Å²) in [6.45, 7) is 15.6. The molecule has 0 aromatic heterocycles. The average molecular weight is 268 g/mol. The molecule has 114 valence electrons. The summed E-state index contributed by atoms with van der Waals surface area (Å²) in [5.74, 6) is 0.769. The maximum atomic E-state index is 3.85. The second kappa shape index (κ2) is 8.26. The van der Waals surface area contributed by atoms with E-state index in [1.54, 1.807) is 0 Å². The molecule has 0 bridgehead atoms. The van der Waals surface area contributed by atoms with Crippen molar-refractivity contribution in [3.05, 3.63) is 0 Å². The molecule has 2 nitrogen and oxygen atoms in total. The Morgan fingerprint density at radius 2 is 1.74 bits per heavy atom. The third kappa shape index (κ3) is 4.75. The highest BCUT2D eigenvalue weighted by molar-refractivity contribution is 4.97. The van der Waals surface area contributed by atoms with Gasteiger partial charge in [-0.1, -0.05) is 34.1 Å². The molecule has 1 aliphatic rings. The fourth-order valence-corrected chi connectivity index (χ4v) is 3.44. The van der Waals surface area contributed by atoms with Gasteiger partial charge in [-0.15, -0.1) is 0 Å². The van der Waals surface area contributed by atoms with Crippen molar-refractivity contribution in [3.63, 3.8) is 0 Å². The molecule has 2 heteroatoms. The van der Waals surface area contributed by atoms with Gasteiger partial charge in [-0.3, -0.25) is 4.90 Å². The maximum Gasteiger partial charge on any atom is 0.0331 e. The number of rotatable bonds is 8. The Balaban J connectivity index is 2.78. The summed E-state index contributed by atoms with van der Waals surface area (Å²) in [4.78, 5) is 2.77. The lowest BCUT2D eigenvalue weighted by Crippen LogP contribution is -2.60. The highest BCUT2D eigenvalue weighted by Crippen LogP contribution is 2.30. The standard InChI is InChI=1S/C17H36N2/c1-6-11-18-16(14-15(3)4)17(5,7-2)19-12-9-8-10-13-19/h15-16,18H,6-14H2,1-5H3. The van der Waals surface area contributed by atoms with Crippen LogP contribution in [0.3, 0.4) is 0 Å². The van der Waals surface area contributed by atoms with Gasteiger partial charge < -0.3 is 5.32 Å². The van der Waals surface area contributed by atoms with Crippen molar-refractivity contribution in [2.75, 3.05) is 19.6 Å². The monoisotopic (exact) mass is 268 g/mol. The van der Waals surface area contributed by atoms with Crippen LogP contribution in [0.25, 0.3) is 0 Å². The van der Waals surface area contributed by atoms with Crippen molar-refractivity contribution in [1.29, 1.82) is 0 Å². The van der Waals surface area contributed by atoms with Crippen molar-refractivity contribution >= 4 is 0 Å². The molecule has 0 aliphatic carbocycles. The summed E-state index contributed by atoms with van der Waals surface area (Å²) in [6.07, 6.45) is 7.97. The minimum absolute atomic E-state index is 0.333. The number of hydrogen-bond donors (Lipinski definition) is 1. The van der Waals surface area contributed by atoms with Crippen molar-refractivity contribution in [1.82, 2.24) is 10.2 Å². The number of hydrogen-bond acceptors (Lipinski definition) is 2. The largest absolute Gasteiger partial charge is 0.312 e. The lowest BCUT2D eigenvalue weighted by Gasteiger charge is -2.49. The van der Waals surface area contributed by atoms with Crippen LogP contribution in [0.15, 0.2) is 0 Å². The zero-order chi connectivity index (χ0) is 14.3. The van der Waals surface area contributed by atoms with Gasteiger partial charge in [0.2, 0.25) is 0 Å². The van der Waals surface area contributed by atoms with Crippen LogP contribution >= 0.6 is 0 Å². The van der Waals surface area contributed by atoms with Gasteiger partial charge in [0.15, 0.2) is 0 Å². The number of likely N-dealkylation sites (tertiary alicyclic amines) is 1. The highest BCUT2D eigenvalue weighted by Gasteiger charge is 2.38. The molecule has 2 unspecified atom stereocenters. The predicted octanol–water partition coefficient (Wildman–Crippen LogP) is 4.06. The van der Waals surface area contributed by atoms with Crippen molar-refractivity contribution in [3.8, 4) is 0 Å². The predicted molar refractivity (Wildman–Crippen MR) is 85.7 cm³/mol. The SMILES string of the molecule is CCCNC(CC(C)C)C(C)(CC)N1CCCCC1. The fraction of sp³-hybridized carbons (Fsp3) is 1.00. The van der Waals surface area contributed by atoms with Gasteiger partial charge in [-0.05, 0) is 64.6 Å². The molecule has 0 amide bonds. The van der Waals surface area contributed by atoms with Crippen LogP contribution in [0.4, 0.5) is 0 Å². The lowest BCUT2D eigenvalue weighted by atomic mass is 9.81. The summed E-state index contributed by atoms with van der Waals surface area (Å²) < 4.78 is 0. The van der Waals surface area contributed by atoms with Gasteiger partial charge in [0.05, 0.1) is 0 Å². The van der Waals surface area contributed by atoms with E-state index in [1.807, 2.05) is 0 Å². The zero-order valence-corrected chi connectivity index (χ0v) is 14.0. The molecule has 2 atom stereocenters. The third-order valence-electron chi connectivity index (χ3n) is 4.89. The van der Waals surface area contributed by atoms with Crippen molar-refractivity contribution in [2.24, 2.45) is 5.92 Å². The minimum atomic E-state index is 0.333. The van der Waals surface area contributed by atoms with E-state index in [-0.39, 0.29) is 0 Å². The zero-order valence-electron chi connectivity index (χ0n) is 14.0. The summed E-state index contributed by atoms with van der Waals surface area (Å²) in [6, 6.07) is 0.635. The second-order valence-electron chi connectivity index (χ2n) is 6.89. The first-order chi connectivity index (χ1) is 9.04. The Morgan fingerprint density at radius 3 is 2.21 bits per heavy atom. The maximum absolute atomic E-state index is 3.85. The summed E-state index contributed by atoms with van der Waals surface area (Å²) in [5, 5.41) is 3.85. The molecule has 0 radical (unpaired) electrons. The van der Waals surface area contributed by atoms with Crippen molar-refractivity contribution < 1.29 is 0 Å². The molecule has 1 N–H and O–H groups in total. The number of nitrogens with zero attached hydrogens (tertiary/aromatic N) is 1. The molecular formula is C17H36N2. The summed E-state index contributed by atoms with van der Waals surface area (Å²) in [7, 11) is 0. The molecule has 1 fully saturated rings. The Labute approximate surface area is 121 Å².